The van der Waals surface area contributed by atoms with E-state index in [2.05, 4.69) is 21.9 Å². The molecule has 0 heterocycles. The highest BCUT2D eigenvalue weighted by Gasteiger charge is 1.95. The second-order valence-corrected chi connectivity index (χ2v) is 3.38. The highest BCUT2D eigenvalue weighted by Crippen LogP contribution is 2.12. The molecule has 0 saturated heterocycles. The van der Waals surface area contributed by atoms with E-state index >= 15 is 0 Å². The molecule has 0 unspecified atom stereocenters. The van der Waals surface area contributed by atoms with Crippen LogP contribution in [-0.2, 0) is 0 Å². The molecule has 0 saturated carbocycles. The molecule has 0 bridgehead atoms. The standard InChI is InChI=1S/C12H13N3O/c1-10(2)16-12-7-5-11(6-8-12)4-3-9-14-15-13/h5-8,10H,9H2,1-2H3. The Labute approximate surface area is 94.9 Å². The molecule has 4 heteroatoms. The summed E-state index contributed by atoms with van der Waals surface area (Å²) < 4.78 is 5.50. The van der Waals surface area contributed by atoms with Gasteiger partial charge in [-0.3, -0.25) is 0 Å². The number of hydrogen-bond acceptors (Lipinski definition) is 2. The number of azide groups is 1. The van der Waals surface area contributed by atoms with Crippen molar-refractivity contribution in [2.75, 3.05) is 6.54 Å². The molecule has 0 atom stereocenters. The van der Waals surface area contributed by atoms with Crippen LogP contribution in [0.3, 0.4) is 0 Å². The average molecular weight is 215 g/mol. The Morgan fingerprint density at radius 3 is 2.62 bits per heavy atom. The minimum atomic E-state index is 0.168. The first-order valence-corrected chi connectivity index (χ1v) is 4.99. The molecule has 1 aromatic rings. The third-order valence-corrected chi connectivity index (χ3v) is 1.67. The van der Waals surface area contributed by atoms with E-state index in [0.717, 1.165) is 11.3 Å². The van der Waals surface area contributed by atoms with Crippen molar-refractivity contribution in [2.45, 2.75) is 20.0 Å². The highest BCUT2D eigenvalue weighted by atomic mass is 16.5. The van der Waals surface area contributed by atoms with E-state index in [1.165, 1.54) is 0 Å². The van der Waals surface area contributed by atoms with Gasteiger partial charge in [-0.1, -0.05) is 17.0 Å². The van der Waals surface area contributed by atoms with Crippen LogP contribution in [0.25, 0.3) is 10.4 Å². The van der Waals surface area contributed by atoms with E-state index in [4.69, 9.17) is 10.3 Å². The van der Waals surface area contributed by atoms with E-state index in [1.807, 2.05) is 38.1 Å². The molecule has 0 aromatic heterocycles. The van der Waals surface area contributed by atoms with Crippen molar-refractivity contribution in [1.82, 2.24) is 0 Å². The molecule has 82 valence electrons. The van der Waals surface area contributed by atoms with E-state index in [-0.39, 0.29) is 12.6 Å². The van der Waals surface area contributed by atoms with Crippen molar-refractivity contribution in [3.8, 4) is 17.6 Å². The van der Waals surface area contributed by atoms with Crippen molar-refractivity contribution in [3.05, 3.63) is 40.3 Å². The van der Waals surface area contributed by atoms with Crippen molar-refractivity contribution in [2.24, 2.45) is 5.11 Å². The van der Waals surface area contributed by atoms with Crippen LogP contribution in [0, 0.1) is 11.8 Å². The average Bonchev–Trinajstić information content (AvgIpc) is 2.26. The van der Waals surface area contributed by atoms with Crippen molar-refractivity contribution in [1.29, 1.82) is 0 Å². The summed E-state index contributed by atoms with van der Waals surface area (Å²) in [4.78, 5) is 2.62. The number of benzene rings is 1. The van der Waals surface area contributed by atoms with Crippen molar-refractivity contribution >= 4 is 0 Å². The second kappa shape index (κ2) is 6.39. The maximum absolute atomic E-state index is 8.06. The first-order chi connectivity index (χ1) is 7.72. The molecule has 1 aromatic carbocycles. The molecule has 0 amide bonds. The summed E-state index contributed by atoms with van der Waals surface area (Å²) in [6.45, 7) is 4.15. The zero-order valence-corrected chi connectivity index (χ0v) is 9.34. The quantitative estimate of drug-likeness (QED) is 0.330. The van der Waals surface area contributed by atoms with Gasteiger partial charge in [0.25, 0.3) is 0 Å². The zero-order chi connectivity index (χ0) is 11.8. The van der Waals surface area contributed by atoms with Crippen LogP contribution in [0.2, 0.25) is 0 Å². The van der Waals surface area contributed by atoms with Crippen LogP contribution in [0.1, 0.15) is 19.4 Å². The van der Waals surface area contributed by atoms with Gasteiger partial charge in [-0.25, -0.2) is 0 Å². The predicted octanol–water partition coefficient (Wildman–Crippen LogP) is 3.14. The molecule has 4 nitrogen and oxygen atoms in total. The third-order valence-electron chi connectivity index (χ3n) is 1.67. The summed E-state index contributed by atoms with van der Waals surface area (Å²) >= 11 is 0. The minimum Gasteiger partial charge on any atom is -0.491 e. The smallest absolute Gasteiger partial charge is 0.119 e. The molecule has 0 aliphatic rings. The Morgan fingerprint density at radius 2 is 2.06 bits per heavy atom. The lowest BCUT2D eigenvalue weighted by Crippen LogP contribution is -2.05. The number of nitrogens with zero attached hydrogens (tertiary/aromatic N) is 3. The molecular formula is C12H13N3O. The minimum absolute atomic E-state index is 0.168. The van der Waals surface area contributed by atoms with E-state index < -0.39 is 0 Å². The van der Waals surface area contributed by atoms with Gasteiger partial charge >= 0.3 is 0 Å². The molecule has 0 aliphatic carbocycles. The molecule has 1 rings (SSSR count). The Balaban J connectivity index is 2.62. The maximum Gasteiger partial charge on any atom is 0.119 e. The summed E-state index contributed by atoms with van der Waals surface area (Å²) in [6, 6.07) is 7.50. The van der Waals surface area contributed by atoms with E-state index in [9.17, 15) is 0 Å². The van der Waals surface area contributed by atoms with Crippen molar-refractivity contribution in [3.63, 3.8) is 0 Å². The Morgan fingerprint density at radius 1 is 1.38 bits per heavy atom. The van der Waals surface area contributed by atoms with E-state index in [1.54, 1.807) is 0 Å². The zero-order valence-electron chi connectivity index (χ0n) is 9.34. The lowest BCUT2D eigenvalue weighted by atomic mass is 10.2. The van der Waals surface area contributed by atoms with Crippen LogP contribution < -0.4 is 4.74 Å². The summed E-state index contributed by atoms with van der Waals surface area (Å²) in [7, 11) is 0. The number of rotatable bonds is 3. The molecule has 0 radical (unpaired) electrons. The van der Waals surface area contributed by atoms with Crippen LogP contribution in [0.15, 0.2) is 29.4 Å². The molecule has 16 heavy (non-hydrogen) atoms. The van der Waals surface area contributed by atoms with Gasteiger partial charge < -0.3 is 4.74 Å². The molecule has 0 fully saturated rings. The molecule has 0 spiro atoms. The van der Waals surface area contributed by atoms with Gasteiger partial charge in [-0.05, 0) is 43.6 Å². The van der Waals surface area contributed by atoms with E-state index in [0.29, 0.717) is 0 Å². The maximum atomic E-state index is 8.06. The molecule has 0 aliphatic heterocycles. The summed E-state index contributed by atoms with van der Waals surface area (Å²) in [5.41, 5.74) is 8.94. The molecular weight excluding hydrogens is 202 g/mol. The van der Waals surface area contributed by atoms with Gasteiger partial charge in [-0.2, -0.15) is 0 Å². The lowest BCUT2D eigenvalue weighted by Gasteiger charge is -2.08. The third kappa shape index (κ3) is 4.41. The van der Waals surface area contributed by atoms with Gasteiger partial charge in [0, 0.05) is 10.5 Å². The SMILES string of the molecule is CC(C)Oc1ccc(C#CCN=[N+]=[N-])cc1. The first-order valence-electron chi connectivity index (χ1n) is 4.99. The Bertz CT molecular complexity index is 434. The summed E-state index contributed by atoms with van der Waals surface area (Å²) in [5.74, 6) is 6.47. The van der Waals surface area contributed by atoms with Gasteiger partial charge in [0.05, 0.1) is 12.6 Å². The largest absolute Gasteiger partial charge is 0.491 e. The first kappa shape index (κ1) is 12.0. The lowest BCUT2D eigenvalue weighted by molar-refractivity contribution is 0.242. The second-order valence-electron chi connectivity index (χ2n) is 3.38. The number of hydrogen-bond donors (Lipinski definition) is 0. The summed E-state index contributed by atoms with van der Waals surface area (Å²) in [5, 5.41) is 3.33. The number of ether oxygens (including phenoxy) is 1. The predicted molar refractivity (Wildman–Crippen MR) is 63.1 cm³/mol. The molecule has 0 N–H and O–H groups in total. The fraction of sp³-hybridized carbons (Fsp3) is 0.333. The van der Waals surface area contributed by atoms with Crippen LogP contribution in [0.4, 0.5) is 0 Å². The van der Waals surface area contributed by atoms with Gasteiger partial charge in [-0.15, -0.1) is 0 Å². The van der Waals surface area contributed by atoms with Gasteiger partial charge in [0.1, 0.15) is 5.75 Å². The van der Waals surface area contributed by atoms with Crippen molar-refractivity contribution < 1.29 is 4.74 Å². The fourth-order valence-corrected chi connectivity index (χ4v) is 1.10. The normalized spacial score (nSPS) is 8.94. The Kier molecular flexibility index (Phi) is 4.78. The van der Waals surface area contributed by atoms with Crippen LogP contribution in [0.5, 0.6) is 5.75 Å². The fourth-order valence-electron chi connectivity index (χ4n) is 1.10. The van der Waals surface area contributed by atoms with Gasteiger partial charge in [0.2, 0.25) is 0 Å². The van der Waals surface area contributed by atoms with Crippen LogP contribution in [-0.4, -0.2) is 12.6 Å². The monoisotopic (exact) mass is 215 g/mol. The highest BCUT2D eigenvalue weighted by molar-refractivity contribution is 5.38. The van der Waals surface area contributed by atoms with Crippen LogP contribution >= 0.6 is 0 Å². The van der Waals surface area contributed by atoms with Gasteiger partial charge in [0.15, 0.2) is 0 Å². The Hall–Kier alpha value is -2.11. The topological polar surface area (TPSA) is 58.0 Å². The summed E-state index contributed by atoms with van der Waals surface area (Å²) in [6.07, 6.45) is 0.168.